The fourth-order valence-corrected chi connectivity index (χ4v) is 2.55. The zero-order valence-corrected chi connectivity index (χ0v) is 16.3. The molecule has 0 aliphatic heterocycles. The van der Waals surface area contributed by atoms with Crippen LogP contribution in [-0.4, -0.2) is 23.1 Å². The number of nitro benzene ring substituents is 1. The summed E-state index contributed by atoms with van der Waals surface area (Å²) >= 11 is 5.16. The third-order valence-electron chi connectivity index (χ3n) is 3.88. The molecule has 142 valence electrons. The molecule has 0 radical (unpaired) electrons. The van der Waals surface area contributed by atoms with Gasteiger partial charge < -0.3 is 10.1 Å². The first-order valence-electron chi connectivity index (χ1n) is 8.17. The SMILES string of the molecule is COc1cc([N+](=O)[O-])ccc1NC(=S)NC(=O)c1ccc(C(C)(C)C)cc1. The van der Waals surface area contributed by atoms with Crippen LogP contribution in [0.1, 0.15) is 36.7 Å². The van der Waals surface area contributed by atoms with E-state index in [0.717, 1.165) is 5.56 Å². The van der Waals surface area contributed by atoms with E-state index >= 15 is 0 Å². The number of rotatable bonds is 4. The normalized spacial score (nSPS) is 10.8. The smallest absolute Gasteiger partial charge is 0.273 e. The van der Waals surface area contributed by atoms with Crippen molar-refractivity contribution in [3.05, 3.63) is 63.7 Å². The van der Waals surface area contributed by atoms with Crippen LogP contribution in [0.25, 0.3) is 0 Å². The number of thiocarbonyl (C=S) groups is 1. The van der Waals surface area contributed by atoms with Crippen LogP contribution in [0.4, 0.5) is 11.4 Å². The molecule has 0 saturated heterocycles. The number of methoxy groups -OCH3 is 1. The second-order valence-corrected chi connectivity index (χ2v) is 7.29. The predicted molar refractivity (Wildman–Crippen MR) is 108 cm³/mol. The third-order valence-corrected chi connectivity index (χ3v) is 4.09. The van der Waals surface area contributed by atoms with Gasteiger partial charge in [0.25, 0.3) is 11.6 Å². The number of nitrogens with zero attached hydrogens (tertiary/aromatic N) is 1. The largest absolute Gasteiger partial charge is 0.494 e. The molecule has 0 spiro atoms. The Morgan fingerprint density at radius 3 is 2.30 bits per heavy atom. The minimum Gasteiger partial charge on any atom is -0.494 e. The first kappa shape index (κ1) is 20.3. The zero-order valence-electron chi connectivity index (χ0n) is 15.5. The number of benzene rings is 2. The predicted octanol–water partition coefficient (Wildman–Crippen LogP) is 4.03. The highest BCUT2D eigenvalue weighted by molar-refractivity contribution is 7.80. The molecule has 0 saturated carbocycles. The maximum absolute atomic E-state index is 12.3. The summed E-state index contributed by atoms with van der Waals surface area (Å²) < 4.78 is 5.13. The summed E-state index contributed by atoms with van der Waals surface area (Å²) in [5, 5.41) is 16.3. The molecule has 7 nitrogen and oxygen atoms in total. The average molecular weight is 387 g/mol. The van der Waals surface area contributed by atoms with Crippen molar-refractivity contribution >= 4 is 34.6 Å². The topological polar surface area (TPSA) is 93.5 Å². The maximum atomic E-state index is 12.3. The highest BCUT2D eigenvalue weighted by Crippen LogP contribution is 2.29. The number of nitrogens with one attached hydrogen (secondary N) is 2. The minimum atomic E-state index is -0.520. The fraction of sp³-hybridized carbons (Fsp3) is 0.263. The summed E-state index contributed by atoms with van der Waals surface area (Å²) in [5.74, 6) is -0.107. The quantitative estimate of drug-likeness (QED) is 0.467. The van der Waals surface area contributed by atoms with Crippen molar-refractivity contribution in [1.82, 2.24) is 5.32 Å². The fourth-order valence-electron chi connectivity index (χ4n) is 2.35. The van der Waals surface area contributed by atoms with E-state index in [-0.39, 0.29) is 27.9 Å². The van der Waals surface area contributed by atoms with Crippen LogP contribution >= 0.6 is 12.2 Å². The summed E-state index contributed by atoms with van der Waals surface area (Å²) in [6.45, 7) is 6.29. The van der Waals surface area contributed by atoms with Crippen LogP contribution in [0.15, 0.2) is 42.5 Å². The van der Waals surface area contributed by atoms with Gasteiger partial charge in [-0.15, -0.1) is 0 Å². The van der Waals surface area contributed by atoms with Gasteiger partial charge in [0.1, 0.15) is 5.75 Å². The Morgan fingerprint density at radius 1 is 1.15 bits per heavy atom. The number of amides is 1. The Balaban J connectivity index is 2.07. The van der Waals surface area contributed by atoms with Crippen molar-refractivity contribution in [2.24, 2.45) is 0 Å². The van der Waals surface area contributed by atoms with Crippen molar-refractivity contribution in [3.63, 3.8) is 0 Å². The number of hydrogen-bond donors (Lipinski definition) is 2. The van der Waals surface area contributed by atoms with Gasteiger partial charge in [-0.25, -0.2) is 0 Å². The number of ether oxygens (including phenoxy) is 1. The average Bonchev–Trinajstić information content (AvgIpc) is 2.61. The second-order valence-electron chi connectivity index (χ2n) is 6.88. The number of anilines is 1. The van der Waals surface area contributed by atoms with Gasteiger partial charge in [-0.05, 0) is 41.4 Å². The molecule has 0 aromatic heterocycles. The van der Waals surface area contributed by atoms with Crippen molar-refractivity contribution in [2.45, 2.75) is 26.2 Å². The Bertz CT molecular complexity index is 874. The van der Waals surface area contributed by atoms with Crippen LogP contribution in [-0.2, 0) is 5.41 Å². The van der Waals surface area contributed by atoms with E-state index in [2.05, 4.69) is 31.4 Å². The van der Waals surface area contributed by atoms with Crippen molar-refractivity contribution in [2.75, 3.05) is 12.4 Å². The molecular formula is C19H21N3O4S. The number of hydrogen-bond acceptors (Lipinski definition) is 5. The van der Waals surface area contributed by atoms with Gasteiger partial charge in [-0.3, -0.25) is 20.2 Å². The Morgan fingerprint density at radius 2 is 1.78 bits per heavy atom. The van der Waals surface area contributed by atoms with Gasteiger partial charge in [0.15, 0.2) is 5.11 Å². The lowest BCUT2D eigenvalue weighted by molar-refractivity contribution is -0.384. The summed E-state index contributed by atoms with van der Waals surface area (Å²) in [4.78, 5) is 22.7. The van der Waals surface area contributed by atoms with E-state index < -0.39 is 4.92 Å². The number of nitro groups is 1. The summed E-state index contributed by atoms with van der Waals surface area (Å²) in [6, 6.07) is 11.4. The molecule has 0 bridgehead atoms. The Labute approximate surface area is 162 Å². The first-order valence-corrected chi connectivity index (χ1v) is 8.58. The van der Waals surface area contributed by atoms with Gasteiger partial charge in [-0.2, -0.15) is 0 Å². The van der Waals surface area contributed by atoms with E-state index in [1.54, 1.807) is 12.1 Å². The molecular weight excluding hydrogens is 366 g/mol. The second kappa shape index (κ2) is 8.13. The molecule has 2 aromatic rings. The molecule has 27 heavy (non-hydrogen) atoms. The number of carbonyl (C=O) groups excluding carboxylic acids is 1. The van der Waals surface area contributed by atoms with Crippen molar-refractivity contribution in [3.8, 4) is 5.75 Å². The minimum absolute atomic E-state index is 0.00165. The molecule has 0 unspecified atom stereocenters. The molecule has 2 rings (SSSR count). The number of non-ortho nitro benzene ring substituents is 1. The van der Waals surface area contributed by atoms with Gasteiger partial charge in [-0.1, -0.05) is 32.9 Å². The summed E-state index contributed by atoms with van der Waals surface area (Å²) in [6.07, 6.45) is 0. The lowest BCUT2D eigenvalue weighted by Gasteiger charge is -2.19. The van der Waals surface area contributed by atoms with Crippen LogP contribution in [0.2, 0.25) is 0 Å². The molecule has 0 aliphatic carbocycles. The summed E-state index contributed by atoms with van der Waals surface area (Å²) in [7, 11) is 1.39. The number of carbonyl (C=O) groups is 1. The van der Waals surface area contributed by atoms with Gasteiger partial charge in [0, 0.05) is 11.6 Å². The van der Waals surface area contributed by atoms with Crippen molar-refractivity contribution in [1.29, 1.82) is 0 Å². The first-order chi connectivity index (χ1) is 12.6. The summed E-state index contributed by atoms with van der Waals surface area (Å²) in [5.41, 5.74) is 1.90. The molecule has 2 aromatic carbocycles. The molecule has 8 heteroatoms. The molecule has 0 aliphatic rings. The molecule has 0 atom stereocenters. The van der Waals surface area contributed by atoms with E-state index in [9.17, 15) is 14.9 Å². The zero-order chi connectivity index (χ0) is 20.2. The monoisotopic (exact) mass is 387 g/mol. The molecule has 0 fully saturated rings. The van der Waals surface area contributed by atoms with E-state index in [1.807, 2.05) is 12.1 Å². The molecule has 2 N–H and O–H groups in total. The van der Waals surface area contributed by atoms with Gasteiger partial charge in [0.2, 0.25) is 0 Å². The van der Waals surface area contributed by atoms with Crippen LogP contribution in [0, 0.1) is 10.1 Å². The lowest BCUT2D eigenvalue weighted by atomic mass is 9.87. The maximum Gasteiger partial charge on any atom is 0.273 e. The van der Waals surface area contributed by atoms with E-state index in [4.69, 9.17) is 17.0 Å². The van der Waals surface area contributed by atoms with Gasteiger partial charge >= 0.3 is 0 Å². The molecule has 0 heterocycles. The van der Waals surface area contributed by atoms with Crippen molar-refractivity contribution < 1.29 is 14.5 Å². The lowest BCUT2D eigenvalue weighted by Crippen LogP contribution is -2.34. The Hall–Kier alpha value is -3.00. The van der Waals surface area contributed by atoms with Crippen LogP contribution in [0.5, 0.6) is 5.75 Å². The van der Waals surface area contributed by atoms with E-state index in [0.29, 0.717) is 11.3 Å². The highest BCUT2D eigenvalue weighted by Gasteiger charge is 2.16. The molecule has 1 amide bonds. The Kier molecular flexibility index (Phi) is 6.12. The van der Waals surface area contributed by atoms with Crippen LogP contribution in [0.3, 0.4) is 0 Å². The van der Waals surface area contributed by atoms with Gasteiger partial charge in [0.05, 0.1) is 23.8 Å². The van der Waals surface area contributed by atoms with E-state index in [1.165, 1.54) is 25.3 Å². The third kappa shape index (κ3) is 5.24. The highest BCUT2D eigenvalue weighted by atomic mass is 32.1. The standard InChI is InChI=1S/C19H21N3O4S/c1-19(2,3)13-7-5-12(6-8-13)17(23)21-18(27)20-15-10-9-14(22(24)25)11-16(15)26-4/h5-11H,1-4H3,(H2,20,21,23,27). The van der Waals surface area contributed by atoms with Crippen LogP contribution < -0.4 is 15.4 Å².